The lowest BCUT2D eigenvalue weighted by atomic mass is 10.0. The molecule has 1 unspecified atom stereocenters. The molecule has 98 valence electrons. The van der Waals surface area contributed by atoms with E-state index in [9.17, 15) is 0 Å². The maximum atomic E-state index is 3.63. The lowest BCUT2D eigenvalue weighted by Gasteiger charge is -2.17. The van der Waals surface area contributed by atoms with Crippen LogP contribution in [0.25, 0.3) is 10.1 Å². The van der Waals surface area contributed by atoms with Gasteiger partial charge < -0.3 is 5.32 Å². The number of nitrogens with one attached hydrogen (secondary N) is 1. The average Bonchev–Trinajstić information content (AvgIpc) is 2.77. The van der Waals surface area contributed by atoms with Gasteiger partial charge in [-0.2, -0.15) is 0 Å². The van der Waals surface area contributed by atoms with Gasteiger partial charge in [-0.3, -0.25) is 0 Å². The van der Waals surface area contributed by atoms with Crippen molar-refractivity contribution in [2.24, 2.45) is 5.92 Å². The van der Waals surface area contributed by atoms with E-state index in [0.717, 1.165) is 12.5 Å². The minimum Gasteiger partial charge on any atom is -0.310 e. The normalized spacial score (nSPS) is 13.3. The van der Waals surface area contributed by atoms with Crippen molar-refractivity contribution in [2.75, 3.05) is 6.54 Å². The highest BCUT2D eigenvalue weighted by atomic mass is 32.1. The van der Waals surface area contributed by atoms with Gasteiger partial charge in [-0.25, -0.2) is 0 Å². The molecule has 0 saturated carbocycles. The Morgan fingerprint density at radius 1 is 1.17 bits per heavy atom. The number of hydrogen-bond donors (Lipinski definition) is 1. The second-order valence-electron chi connectivity index (χ2n) is 5.27. The van der Waals surface area contributed by atoms with Crippen LogP contribution in [0.3, 0.4) is 0 Å². The SMILES string of the molecule is CCNC(CCC(C)C)c1cc2ccccc2s1. The summed E-state index contributed by atoms with van der Waals surface area (Å²) >= 11 is 1.93. The Hall–Kier alpha value is -0.860. The number of rotatable bonds is 6. The van der Waals surface area contributed by atoms with Crippen molar-refractivity contribution in [1.82, 2.24) is 5.32 Å². The van der Waals surface area contributed by atoms with Crippen LogP contribution in [0, 0.1) is 5.92 Å². The Morgan fingerprint density at radius 2 is 1.94 bits per heavy atom. The van der Waals surface area contributed by atoms with Crippen molar-refractivity contribution in [2.45, 2.75) is 39.7 Å². The monoisotopic (exact) mass is 261 g/mol. The van der Waals surface area contributed by atoms with E-state index in [1.165, 1.54) is 27.8 Å². The van der Waals surface area contributed by atoms with E-state index >= 15 is 0 Å². The molecule has 1 N–H and O–H groups in total. The van der Waals surface area contributed by atoms with Crippen molar-refractivity contribution in [1.29, 1.82) is 0 Å². The van der Waals surface area contributed by atoms with Crippen molar-refractivity contribution < 1.29 is 0 Å². The molecule has 0 radical (unpaired) electrons. The molecule has 0 saturated heterocycles. The van der Waals surface area contributed by atoms with Gasteiger partial charge in [0.25, 0.3) is 0 Å². The van der Waals surface area contributed by atoms with Crippen molar-refractivity contribution >= 4 is 21.4 Å². The van der Waals surface area contributed by atoms with Crippen LogP contribution in [-0.2, 0) is 0 Å². The van der Waals surface area contributed by atoms with Crippen molar-refractivity contribution in [3.05, 3.63) is 35.2 Å². The fourth-order valence-electron chi connectivity index (χ4n) is 2.27. The van der Waals surface area contributed by atoms with Gasteiger partial charge in [-0.05, 0) is 42.8 Å². The highest BCUT2D eigenvalue weighted by Crippen LogP contribution is 2.32. The third-order valence-corrected chi connectivity index (χ3v) is 4.50. The van der Waals surface area contributed by atoms with Gasteiger partial charge in [0, 0.05) is 15.6 Å². The van der Waals surface area contributed by atoms with E-state index < -0.39 is 0 Å². The summed E-state index contributed by atoms with van der Waals surface area (Å²) in [5.41, 5.74) is 0. The third-order valence-electron chi connectivity index (χ3n) is 3.27. The molecular weight excluding hydrogens is 238 g/mol. The molecule has 0 amide bonds. The molecule has 0 bridgehead atoms. The Labute approximate surface area is 114 Å². The minimum atomic E-state index is 0.523. The fraction of sp³-hybridized carbons (Fsp3) is 0.500. The quantitative estimate of drug-likeness (QED) is 0.772. The first kappa shape index (κ1) is 13.6. The van der Waals surface area contributed by atoms with Gasteiger partial charge in [0.2, 0.25) is 0 Å². The molecule has 2 rings (SSSR count). The summed E-state index contributed by atoms with van der Waals surface area (Å²) in [6.07, 6.45) is 2.52. The molecule has 2 aromatic rings. The van der Waals surface area contributed by atoms with Gasteiger partial charge >= 0.3 is 0 Å². The standard InChI is InChI=1S/C16H23NS/c1-4-17-14(10-9-12(2)3)16-11-13-7-5-6-8-15(13)18-16/h5-8,11-12,14,17H,4,9-10H2,1-3H3. The minimum absolute atomic E-state index is 0.523. The third kappa shape index (κ3) is 3.33. The Kier molecular flexibility index (Phi) is 4.79. The Morgan fingerprint density at radius 3 is 2.61 bits per heavy atom. The van der Waals surface area contributed by atoms with E-state index in [-0.39, 0.29) is 0 Å². The highest BCUT2D eigenvalue weighted by Gasteiger charge is 2.13. The zero-order valence-electron chi connectivity index (χ0n) is 11.6. The van der Waals surface area contributed by atoms with Crippen LogP contribution in [0.5, 0.6) is 0 Å². The Bertz CT molecular complexity index is 454. The zero-order valence-corrected chi connectivity index (χ0v) is 12.4. The number of fused-ring (bicyclic) bond motifs is 1. The average molecular weight is 261 g/mol. The predicted molar refractivity (Wildman–Crippen MR) is 82.3 cm³/mol. The molecule has 0 spiro atoms. The zero-order chi connectivity index (χ0) is 13.0. The molecule has 0 aliphatic rings. The Balaban J connectivity index is 2.18. The molecule has 18 heavy (non-hydrogen) atoms. The summed E-state index contributed by atoms with van der Waals surface area (Å²) in [5, 5.41) is 5.01. The smallest absolute Gasteiger partial charge is 0.0415 e. The summed E-state index contributed by atoms with van der Waals surface area (Å²) in [4.78, 5) is 1.48. The lowest BCUT2D eigenvalue weighted by Crippen LogP contribution is -2.20. The molecule has 0 aliphatic carbocycles. The summed E-state index contributed by atoms with van der Waals surface area (Å²) in [7, 11) is 0. The van der Waals surface area contributed by atoms with Crippen LogP contribution >= 0.6 is 11.3 Å². The van der Waals surface area contributed by atoms with Gasteiger partial charge in [0.1, 0.15) is 0 Å². The topological polar surface area (TPSA) is 12.0 Å². The van der Waals surface area contributed by atoms with Gasteiger partial charge in [-0.15, -0.1) is 11.3 Å². The van der Waals surface area contributed by atoms with Crippen LogP contribution in [0.1, 0.15) is 44.5 Å². The first-order valence-corrected chi connectivity index (χ1v) is 7.74. The van der Waals surface area contributed by atoms with E-state index in [1.54, 1.807) is 0 Å². The fourth-order valence-corrected chi connectivity index (χ4v) is 3.44. The van der Waals surface area contributed by atoms with Crippen molar-refractivity contribution in [3.63, 3.8) is 0 Å². The highest BCUT2D eigenvalue weighted by molar-refractivity contribution is 7.19. The van der Waals surface area contributed by atoms with E-state index in [0.29, 0.717) is 6.04 Å². The molecule has 1 aromatic carbocycles. The first-order chi connectivity index (χ1) is 8.70. The first-order valence-electron chi connectivity index (χ1n) is 6.92. The molecule has 1 aromatic heterocycles. The molecule has 1 atom stereocenters. The second-order valence-corrected chi connectivity index (χ2v) is 6.38. The second kappa shape index (κ2) is 6.35. The summed E-state index contributed by atoms with van der Waals surface area (Å²) in [6.45, 7) is 7.83. The van der Waals surface area contributed by atoms with Crippen molar-refractivity contribution in [3.8, 4) is 0 Å². The number of thiophene rings is 1. The number of hydrogen-bond acceptors (Lipinski definition) is 2. The largest absolute Gasteiger partial charge is 0.310 e. The maximum Gasteiger partial charge on any atom is 0.0415 e. The van der Waals surface area contributed by atoms with Crippen LogP contribution in [0.4, 0.5) is 0 Å². The lowest BCUT2D eigenvalue weighted by molar-refractivity contribution is 0.453. The van der Waals surface area contributed by atoms with Crippen LogP contribution in [0.15, 0.2) is 30.3 Å². The summed E-state index contributed by atoms with van der Waals surface area (Å²) < 4.78 is 1.40. The van der Waals surface area contributed by atoms with Crippen LogP contribution in [0.2, 0.25) is 0 Å². The molecule has 0 aliphatic heterocycles. The van der Waals surface area contributed by atoms with E-state index in [1.807, 2.05) is 11.3 Å². The molecule has 2 heteroatoms. The molecule has 1 heterocycles. The molecular formula is C16H23NS. The summed E-state index contributed by atoms with van der Waals surface area (Å²) in [6, 6.07) is 11.5. The molecule has 0 fully saturated rings. The van der Waals surface area contributed by atoms with Crippen LogP contribution < -0.4 is 5.32 Å². The number of benzene rings is 1. The van der Waals surface area contributed by atoms with Gasteiger partial charge in [0.05, 0.1) is 0 Å². The van der Waals surface area contributed by atoms with Gasteiger partial charge in [0.15, 0.2) is 0 Å². The van der Waals surface area contributed by atoms with E-state index in [2.05, 4.69) is 56.4 Å². The van der Waals surface area contributed by atoms with Crippen LogP contribution in [-0.4, -0.2) is 6.54 Å². The predicted octanol–water partition coefficient (Wildman–Crippen LogP) is 4.99. The summed E-state index contributed by atoms with van der Waals surface area (Å²) in [5.74, 6) is 0.778. The maximum absolute atomic E-state index is 3.63. The van der Waals surface area contributed by atoms with Gasteiger partial charge in [-0.1, -0.05) is 39.0 Å². The molecule has 1 nitrogen and oxygen atoms in total. The van der Waals surface area contributed by atoms with E-state index in [4.69, 9.17) is 0 Å².